The first kappa shape index (κ1) is 12.8. The normalized spacial score (nSPS) is 23.2. The number of rotatable bonds is 4. The lowest BCUT2D eigenvalue weighted by Crippen LogP contribution is -2.49. The molecule has 1 aliphatic heterocycles. The van der Waals surface area contributed by atoms with Crippen LogP contribution in [0.4, 0.5) is 0 Å². The minimum absolute atomic E-state index is 0.149. The molecular formula is C12H23N3O2. The molecule has 1 aliphatic carbocycles. The van der Waals surface area contributed by atoms with Crippen LogP contribution >= 0.6 is 0 Å². The van der Waals surface area contributed by atoms with E-state index >= 15 is 0 Å². The molecule has 0 aromatic carbocycles. The highest BCUT2D eigenvalue weighted by Gasteiger charge is 2.20. The van der Waals surface area contributed by atoms with Gasteiger partial charge in [-0.25, -0.2) is 0 Å². The topological polar surface area (TPSA) is 44.8 Å². The van der Waals surface area contributed by atoms with Gasteiger partial charge in [-0.05, 0) is 19.9 Å². The third kappa shape index (κ3) is 3.94. The van der Waals surface area contributed by atoms with Crippen LogP contribution in [0.2, 0.25) is 0 Å². The van der Waals surface area contributed by atoms with Crippen molar-refractivity contribution in [2.75, 3.05) is 39.8 Å². The summed E-state index contributed by atoms with van der Waals surface area (Å²) in [7, 11) is 2.09. The first-order valence-corrected chi connectivity index (χ1v) is 6.60. The van der Waals surface area contributed by atoms with Crippen molar-refractivity contribution in [1.29, 1.82) is 0 Å². The number of hydrogen-bond donors (Lipinski definition) is 1. The van der Waals surface area contributed by atoms with Gasteiger partial charge in [-0.1, -0.05) is 12.8 Å². The van der Waals surface area contributed by atoms with Gasteiger partial charge in [0.1, 0.15) is 6.54 Å². The second-order valence-corrected chi connectivity index (χ2v) is 5.03. The zero-order chi connectivity index (χ0) is 12.1. The Morgan fingerprint density at radius 2 is 1.88 bits per heavy atom. The number of hydroxylamine groups is 1. The van der Waals surface area contributed by atoms with Gasteiger partial charge in [0, 0.05) is 26.2 Å². The summed E-state index contributed by atoms with van der Waals surface area (Å²) in [6, 6.07) is 0. The van der Waals surface area contributed by atoms with E-state index < -0.39 is 0 Å². The summed E-state index contributed by atoms with van der Waals surface area (Å²) >= 11 is 0. The molecular weight excluding hydrogens is 218 g/mol. The molecule has 0 bridgehead atoms. The molecule has 0 unspecified atom stereocenters. The summed E-state index contributed by atoms with van der Waals surface area (Å²) in [5.41, 5.74) is 2.83. The van der Waals surface area contributed by atoms with Gasteiger partial charge in [0.2, 0.25) is 5.91 Å². The van der Waals surface area contributed by atoms with Crippen molar-refractivity contribution in [2.45, 2.75) is 31.8 Å². The Bertz CT molecular complexity index is 246. The van der Waals surface area contributed by atoms with Crippen molar-refractivity contribution in [3.63, 3.8) is 0 Å². The van der Waals surface area contributed by atoms with Gasteiger partial charge < -0.3 is 9.80 Å². The fraction of sp³-hybridized carbons (Fsp3) is 0.917. The molecule has 5 nitrogen and oxygen atoms in total. The lowest BCUT2D eigenvalue weighted by Gasteiger charge is -2.32. The van der Waals surface area contributed by atoms with E-state index in [4.69, 9.17) is 4.84 Å². The Morgan fingerprint density at radius 1 is 1.24 bits per heavy atom. The molecule has 0 spiro atoms. The van der Waals surface area contributed by atoms with Crippen LogP contribution in [0.1, 0.15) is 25.7 Å². The van der Waals surface area contributed by atoms with E-state index in [1.54, 1.807) is 0 Å². The maximum atomic E-state index is 11.8. The number of likely N-dealkylation sites (N-methyl/N-ethyl adjacent to an activating group) is 1. The van der Waals surface area contributed by atoms with Crippen LogP contribution in [0.3, 0.4) is 0 Å². The van der Waals surface area contributed by atoms with Crippen LogP contribution < -0.4 is 5.48 Å². The van der Waals surface area contributed by atoms with Crippen LogP contribution in [0.15, 0.2) is 0 Å². The number of carbonyl (C=O) groups excluding carboxylic acids is 1. The van der Waals surface area contributed by atoms with Crippen LogP contribution in [-0.4, -0.2) is 61.6 Å². The van der Waals surface area contributed by atoms with Crippen molar-refractivity contribution >= 4 is 5.91 Å². The number of nitrogens with zero attached hydrogens (tertiary/aromatic N) is 2. The van der Waals surface area contributed by atoms with Gasteiger partial charge in [-0.3, -0.25) is 9.63 Å². The van der Waals surface area contributed by atoms with E-state index in [-0.39, 0.29) is 5.91 Å². The summed E-state index contributed by atoms with van der Waals surface area (Å²) in [6.45, 7) is 3.91. The maximum Gasteiger partial charge on any atom is 0.239 e. The van der Waals surface area contributed by atoms with Gasteiger partial charge >= 0.3 is 0 Å². The first-order chi connectivity index (χ1) is 8.25. The number of hydrogen-bond acceptors (Lipinski definition) is 4. The smallest absolute Gasteiger partial charge is 0.239 e. The summed E-state index contributed by atoms with van der Waals surface area (Å²) in [5, 5.41) is 0. The van der Waals surface area contributed by atoms with Gasteiger partial charge in [0.25, 0.3) is 0 Å². The molecule has 1 saturated heterocycles. The molecule has 0 aromatic rings. The van der Waals surface area contributed by atoms with Crippen LogP contribution in [-0.2, 0) is 9.63 Å². The molecule has 2 rings (SSSR count). The molecule has 2 fully saturated rings. The largest absolute Gasteiger partial charge is 0.339 e. The quantitative estimate of drug-likeness (QED) is 0.715. The highest BCUT2D eigenvalue weighted by atomic mass is 16.7. The molecule has 1 heterocycles. The maximum absolute atomic E-state index is 11.8. The van der Waals surface area contributed by atoms with Crippen molar-refractivity contribution in [1.82, 2.24) is 15.3 Å². The molecule has 0 radical (unpaired) electrons. The third-order valence-corrected chi connectivity index (χ3v) is 3.63. The Kier molecular flexibility index (Phi) is 4.76. The summed E-state index contributed by atoms with van der Waals surface area (Å²) in [4.78, 5) is 21.5. The molecule has 2 aliphatic rings. The standard InChI is InChI=1S/C12H23N3O2/c1-14-6-8-15(9-7-14)12(16)10-13-17-11-4-2-3-5-11/h11,13H,2-10H2,1H3. The number of amides is 1. The number of carbonyl (C=O) groups is 1. The molecule has 1 N–H and O–H groups in total. The lowest BCUT2D eigenvalue weighted by atomic mass is 10.3. The third-order valence-electron chi connectivity index (χ3n) is 3.63. The van der Waals surface area contributed by atoms with Gasteiger partial charge in [0.05, 0.1) is 6.10 Å². The lowest BCUT2D eigenvalue weighted by molar-refractivity contribution is -0.135. The van der Waals surface area contributed by atoms with Crippen molar-refractivity contribution < 1.29 is 9.63 Å². The molecule has 0 atom stereocenters. The highest BCUT2D eigenvalue weighted by Crippen LogP contribution is 2.19. The summed E-state index contributed by atoms with van der Waals surface area (Å²) < 4.78 is 0. The highest BCUT2D eigenvalue weighted by molar-refractivity contribution is 5.78. The fourth-order valence-electron chi connectivity index (χ4n) is 2.40. The van der Waals surface area contributed by atoms with Crippen LogP contribution in [0.25, 0.3) is 0 Å². The summed E-state index contributed by atoms with van der Waals surface area (Å²) in [6.07, 6.45) is 5.05. The molecule has 5 heteroatoms. The van der Waals surface area contributed by atoms with Crippen molar-refractivity contribution in [3.8, 4) is 0 Å². The average molecular weight is 241 g/mol. The zero-order valence-electron chi connectivity index (χ0n) is 10.7. The van der Waals surface area contributed by atoms with Gasteiger partial charge in [-0.15, -0.1) is 0 Å². The SMILES string of the molecule is CN1CCN(C(=O)CNOC2CCCC2)CC1. The Morgan fingerprint density at radius 3 is 2.53 bits per heavy atom. The minimum Gasteiger partial charge on any atom is -0.339 e. The molecule has 1 saturated carbocycles. The Hall–Kier alpha value is -0.650. The number of piperazine rings is 1. The van der Waals surface area contributed by atoms with E-state index in [0.717, 1.165) is 39.0 Å². The van der Waals surface area contributed by atoms with Gasteiger partial charge in [-0.2, -0.15) is 5.48 Å². The van der Waals surface area contributed by atoms with Crippen LogP contribution in [0, 0.1) is 0 Å². The monoisotopic (exact) mass is 241 g/mol. The first-order valence-electron chi connectivity index (χ1n) is 6.60. The predicted molar refractivity (Wildman–Crippen MR) is 65.4 cm³/mol. The van der Waals surface area contributed by atoms with E-state index in [0.29, 0.717) is 12.6 Å². The van der Waals surface area contributed by atoms with E-state index in [1.807, 2.05) is 4.90 Å². The molecule has 1 amide bonds. The molecule has 17 heavy (non-hydrogen) atoms. The Balaban J connectivity index is 1.60. The minimum atomic E-state index is 0.149. The van der Waals surface area contributed by atoms with E-state index in [9.17, 15) is 4.79 Å². The zero-order valence-corrected chi connectivity index (χ0v) is 10.7. The second-order valence-electron chi connectivity index (χ2n) is 5.03. The van der Waals surface area contributed by atoms with Gasteiger partial charge in [0.15, 0.2) is 0 Å². The van der Waals surface area contributed by atoms with Crippen molar-refractivity contribution in [3.05, 3.63) is 0 Å². The average Bonchev–Trinajstić information content (AvgIpc) is 2.83. The Labute approximate surface area is 103 Å². The van der Waals surface area contributed by atoms with E-state index in [1.165, 1.54) is 12.8 Å². The van der Waals surface area contributed by atoms with Crippen molar-refractivity contribution in [2.24, 2.45) is 0 Å². The van der Waals surface area contributed by atoms with Crippen LogP contribution in [0.5, 0.6) is 0 Å². The summed E-state index contributed by atoms with van der Waals surface area (Å²) in [5.74, 6) is 0.149. The number of nitrogens with one attached hydrogen (secondary N) is 1. The second kappa shape index (κ2) is 6.33. The van der Waals surface area contributed by atoms with E-state index in [2.05, 4.69) is 17.4 Å². The molecule has 0 aromatic heterocycles. The predicted octanol–water partition coefficient (Wildman–Crippen LogP) is 0.224. The molecule has 98 valence electrons. The fourth-order valence-corrected chi connectivity index (χ4v) is 2.40.